The Labute approximate surface area is 112 Å². The number of nitrogens with two attached hydrogens (primary N) is 1. The minimum Gasteiger partial charge on any atom is -0.390 e. The molecule has 98 valence electrons. The lowest BCUT2D eigenvalue weighted by Gasteiger charge is -1.92. The molecule has 0 aliphatic carbocycles. The number of anilines is 1. The number of benzene rings is 1. The van der Waals surface area contributed by atoms with Crippen LogP contribution in [0.5, 0.6) is 0 Å². The van der Waals surface area contributed by atoms with Crippen LogP contribution >= 0.6 is 11.3 Å². The van der Waals surface area contributed by atoms with Gasteiger partial charge in [0.1, 0.15) is 17.2 Å². The molecular weight excluding hydrogens is 268 g/mol. The molecule has 19 heavy (non-hydrogen) atoms. The van der Waals surface area contributed by atoms with E-state index < -0.39 is 11.6 Å². The number of aromatic nitrogens is 2. The summed E-state index contributed by atoms with van der Waals surface area (Å²) >= 11 is 1.48. The first-order chi connectivity index (χ1) is 9.08. The maximum absolute atomic E-state index is 13.6. The number of hydrogen-bond donors (Lipinski definition) is 2. The third-order valence-electron chi connectivity index (χ3n) is 2.92. The molecule has 3 rings (SSSR count). The fraction of sp³-hybridized carbons (Fsp3) is 0.154. The van der Waals surface area contributed by atoms with E-state index in [1.165, 1.54) is 17.4 Å². The molecule has 3 nitrogen and oxygen atoms in total. The lowest BCUT2D eigenvalue weighted by Crippen LogP contribution is -1.84. The van der Waals surface area contributed by atoms with Crippen LogP contribution in [0.3, 0.4) is 0 Å². The molecule has 3 aromatic rings. The number of aromatic amines is 1. The van der Waals surface area contributed by atoms with Crippen LogP contribution in [-0.4, -0.2) is 9.97 Å². The van der Waals surface area contributed by atoms with Crippen LogP contribution in [0.2, 0.25) is 0 Å². The van der Waals surface area contributed by atoms with Gasteiger partial charge in [-0.05, 0) is 18.6 Å². The van der Waals surface area contributed by atoms with Gasteiger partial charge in [0, 0.05) is 10.9 Å². The van der Waals surface area contributed by atoms with Gasteiger partial charge < -0.3 is 10.7 Å². The van der Waals surface area contributed by atoms with Crippen LogP contribution in [0, 0.1) is 11.6 Å². The van der Waals surface area contributed by atoms with Crippen molar-refractivity contribution in [3.63, 3.8) is 0 Å². The van der Waals surface area contributed by atoms with Crippen molar-refractivity contribution in [1.82, 2.24) is 9.97 Å². The van der Waals surface area contributed by atoms with Gasteiger partial charge in [-0.2, -0.15) is 0 Å². The normalized spacial score (nSPS) is 11.3. The van der Waals surface area contributed by atoms with Crippen LogP contribution in [-0.2, 0) is 6.42 Å². The highest BCUT2D eigenvalue weighted by Gasteiger charge is 2.14. The highest BCUT2D eigenvalue weighted by atomic mass is 32.1. The zero-order valence-electron chi connectivity index (χ0n) is 10.1. The second kappa shape index (κ2) is 4.31. The van der Waals surface area contributed by atoms with Crippen molar-refractivity contribution >= 4 is 27.4 Å². The van der Waals surface area contributed by atoms with Crippen molar-refractivity contribution in [2.24, 2.45) is 0 Å². The number of nitrogens with one attached hydrogen (secondary N) is 1. The van der Waals surface area contributed by atoms with Crippen LogP contribution in [0.1, 0.15) is 11.8 Å². The SMILES string of the molecule is CCc1cc(-c2nc3c(F)cc(F)cc3[nH]2)c(N)s1. The van der Waals surface area contributed by atoms with Crippen molar-refractivity contribution in [2.75, 3.05) is 5.73 Å². The highest BCUT2D eigenvalue weighted by molar-refractivity contribution is 7.16. The van der Waals surface area contributed by atoms with E-state index in [1.807, 2.05) is 13.0 Å². The standard InChI is InChI=1S/C13H11F2N3S/c1-2-7-5-8(12(16)19-7)13-17-10-4-6(14)3-9(15)11(10)18-13/h3-5H,2,16H2,1H3,(H,17,18). The Hall–Kier alpha value is -1.95. The van der Waals surface area contributed by atoms with Gasteiger partial charge in [-0.25, -0.2) is 13.8 Å². The molecule has 0 saturated heterocycles. The molecule has 0 spiro atoms. The van der Waals surface area contributed by atoms with Gasteiger partial charge in [-0.1, -0.05) is 6.92 Å². The van der Waals surface area contributed by atoms with Gasteiger partial charge in [-0.3, -0.25) is 0 Å². The Bertz CT molecular complexity index is 761. The Morgan fingerprint density at radius 2 is 2.11 bits per heavy atom. The van der Waals surface area contributed by atoms with Gasteiger partial charge in [0.2, 0.25) is 0 Å². The molecule has 0 amide bonds. The van der Waals surface area contributed by atoms with E-state index in [1.54, 1.807) is 0 Å². The second-order valence-electron chi connectivity index (χ2n) is 4.21. The summed E-state index contributed by atoms with van der Waals surface area (Å²) in [6, 6.07) is 3.96. The maximum atomic E-state index is 13.6. The van der Waals surface area contributed by atoms with Crippen molar-refractivity contribution in [2.45, 2.75) is 13.3 Å². The molecule has 0 radical (unpaired) electrons. The number of thiophene rings is 1. The number of H-pyrrole nitrogens is 1. The summed E-state index contributed by atoms with van der Waals surface area (Å²) in [5.41, 5.74) is 7.12. The predicted octanol–water partition coefficient (Wildman–Crippen LogP) is 3.71. The van der Waals surface area contributed by atoms with E-state index in [9.17, 15) is 8.78 Å². The number of rotatable bonds is 2. The van der Waals surface area contributed by atoms with E-state index in [2.05, 4.69) is 9.97 Å². The molecule has 0 aliphatic rings. The van der Waals surface area contributed by atoms with E-state index in [-0.39, 0.29) is 5.52 Å². The van der Waals surface area contributed by atoms with Crippen molar-refractivity contribution in [1.29, 1.82) is 0 Å². The Balaban J connectivity index is 2.20. The molecule has 1 aromatic carbocycles. The van der Waals surface area contributed by atoms with Gasteiger partial charge in [0.05, 0.1) is 16.1 Å². The van der Waals surface area contributed by atoms with Gasteiger partial charge >= 0.3 is 0 Å². The molecule has 0 bridgehead atoms. The molecule has 3 N–H and O–H groups in total. The van der Waals surface area contributed by atoms with Crippen LogP contribution in [0.4, 0.5) is 13.8 Å². The number of fused-ring (bicyclic) bond motifs is 1. The second-order valence-corrected chi connectivity index (χ2v) is 5.38. The Kier molecular flexibility index (Phi) is 2.74. The summed E-state index contributed by atoms with van der Waals surface area (Å²) in [4.78, 5) is 8.19. The number of hydrogen-bond acceptors (Lipinski definition) is 3. The molecule has 0 saturated carbocycles. The van der Waals surface area contributed by atoms with Crippen LogP contribution < -0.4 is 5.73 Å². The molecule has 6 heteroatoms. The average Bonchev–Trinajstić information content (AvgIpc) is 2.92. The van der Waals surface area contributed by atoms with E-state index in [4.69, 9.17) is 5.73 Å². The van der Waals surface area contributed by atoms with Gasteiger partial charge in [0.15, 0.2) is 5.82 Å². The van der Waals surface area contributed by atoms with Gasteiger partial charge in [-0.15, -0.1) is 11.3 Å². The largest absolute Gasteiger partial charge is 0.390 e. The minimum atomic E-state index is -0.679. The Morgan fingerprint density at radius 1 is 1.32 bits per heavy atom. The topological polar surface area (TPSA) is 54.7 Å². The summed E-state index contributed by atoms with van der Waals surface area (Å²) in [5.74, 6) is -0.845. The van der Waals surface area contributed by atoms with E-state index in [0.29, 0.717) is 16.3 Å². The highest BCUT2D eigenvalue weighted by Crippen LogP contribution is 2.34. The summed E-state index contributed by atoms with van der Waals surface area (Å²) in [5, 5.41) is 0.622. The number of aryl methyl sites for hydroxylation is 1. The maximum Gasteiger partial charge on any atom is 0.153 e. The van der Waals surface area contributed by atoms with E-state index in [0.717, 1.165) is 22.9 Å². The minimum absolute atomic E-state index is 0.125. The first-order valence-corrected chi connectivity index (χ1v) is 6.63. The zero-order valence-corrected chi connectivity index (χ0v) is 10.9. The van der Waals surface area contributed by atoms with Crippen molar-refractivity contribution in [3.8, 4) is 11.4 Å². The summed E-state index contributed by atoms with van der Waals surface area (Å²) < 4.78 is 26.7. The van der Waals surface area contributed by atoms with Crippen molar-refractivity contribution < 1.29 is 8.78 Å². The molecule has 0 aliphatic heterocycles. The first kappa shape index (κ1) is 12.1. The third kappa shape index (κ3) is 1.98. The van der Waals surface area contributed by atoms with Crippen LogP contribution in [0.15, 0.2) is 18.2 Å². The van der Waals surface area contributed by atoms with Gasteiger partial charge in [0.25, 0.3) is 0 Å². The summed E-state index contributed by atoms with van der Waals surface area (Å²) in [6.45, 7) is 2.03. The smallest absolute Gasteiger partial charge is 0.153 e. The quantitative estimate of drug-likeness (QED) is 0.751. The molecule has 0 unspecified atom stereocenters. The lowest BCUT2D eigenvalue weighted by atomic mass is 10.2. The Morgan fingerprint density at radius 3 is 2.79 bits per heavy atom. The molecule has 0 fully saturated rings. The molecule has 2 aromatic heterocycles. The molecule has 0 atom stereocenters. The third-order valence-corrected chi connectivity index (χ3v) is 4.03. The monoisotopic (exact) mass is 279 g/mol. The molecule has 2 heterocycles. The fourth-order valence-electron chi connectivity index (χ4n) is 1.99. The number of nitrogens with zero attached hydrogens (tertiary/aromatic N) is 1. The number of imidazole rings is 1. The fourth-order valence-corrected chi connectivity index (χ4v) is 2.86. The van der Waals surface area contributed by atoms with E-state index >= 15 is 0 Å². The molecular formula is C13H11F2N3S. The summed E-state index contributed by atoms with van der Waals surface area (Å²) in [7, 11) is 0. The number of nitrogen functional groups attached to an aromatic ring is 1. The summed E-state index contributed by atoms with van der Waals surface area (Å²) in [6.07, 6.45) is 0.873. The predicted molar refractivity (Wildman–Crippen MR) is 73.1 cm³/mol. The first-order valence-electron chi connectivity index (χ1n) is 5.81. The zero-order chi connectivity index (χ0) is 13.6. The average molecular weight is 279 g/mol. The lowest BCUT2D eigenvalue weighted by molar-refractivity contribution is 0.591. The van der Waals surface area contributed by atoms with Crippen LogP contribution in [0.25, 0.3) is 22.4 Å². The van der Waals surface area contributed by atoms with Crippen molar-refractivity contribution in [3.05, 3.63) is 34.7 Å². The number of halogens is 2.